The molecule has 198 valence electrons. The molecule has 0 fully saturated rings. The Hall–Kier alpha value is -3.38. The summed E-state index contributed by atoms with van der Waals surface area (Å²) in [6, 6.07) is 14.2. The Morgan fingerprint density at radius 1 is 0.838 bits per heavy atom. The van der Waals surface area contributed by atoms with Crippen molar-refractivity contribution in [3.8, 4) is 17.9 Å². The first-order chi connectivity index (χ1) is 17.2. The van der Waals surface area contributed by atoms with Crippen molar-refractivity contribution < 1.29 is 26.4 Å². The van der Waals surface area contributed by atoms with Crippen molar-refractivity contribution in [3.63, 3.8) is 0 Å². The molecule has 0 aliphatic carbocycles. The Labute approximate surface area is 219 Å². The SMILES string of the molecule is Cc1ccc(S(=O)(=O)N(CC#CCN(C(=O)OC(C)(C)C)S(=O)(=O)c2ccc(C)cc2)CCC#N)cc1. The van der Waals surface area contributed by atoms with Crippen LogP contribution in [0.2, 0.25) is 0 Å². The predicted octanol–water partition coefficient (Wildman–Crippen LogP) is 3.84. The van der Waals surface area contributed by atoms with Gasteiger partial charge in [0.25, 0.3) is 10.0 Å². The Bertz CT molecular complexity index is 1410. The van der Waals surface area contributed by atoms with Crippen LogP contribution in [0.5, 0.6) is 0 Å². The van der Waals surface area contributed by atoms with Crippen molar-refractivity contribution in [3.05, 3.63) is 59.7 Å². The van der Waals surface area contributed by atoms with E-state index in [1.807, 2.05) is 13.0 Å². The first kappa shape index (κ1) is 29.8. The van der Waals surface area contributed by atoms with Crippen molar-refractivity contribution in [1.82, 2.24) is 8.61 Å². The number of nitriles is 1. The molecule has 0 aromatic heterocycles. The summed E-state index contributed by atoms with van der Waals surface area (Å²) in [6.45, 7) is 7.50. The molecule has 0 aliphatic heterocycles. The molecule has 0 heterocycles. The lowest BCUT2D eigenvalue weighted by Crippen LogP contribution is -2.41. The Morgan fingerprint density at radius 3 is 1.76 bits per heavy atom. The lowest BCUT2D eigenvalue weighted by Gasteiger charge is -2.25. The van der Waals surface area contributed by atoms with Crippen molar-refractivity contribution >= 4 is 26.1 Å². The summed E-state index contributed by atoms with van der Waals surface area (Å²) in [7, 11) is -8.25. The van der Waals surface area contributed by atoms with E-state index >= 15 is 0 Å². The first-order valence-electron chi connectivity index (χ1n) is 11.4. The van der Waals surface area contributed by atoms with E-state index in [9.17, 15) is 21.6 Å². The molecule has 0 saturated heterocycles. The Balaban J connectivity index is 2.34. The number of sulfonamides is 2. The summed E-state index contributed by atoms with van der Waals surface area (Å²) in [5.41, 5.74) is 0.774. The van der Waals surface area contributed by atoms with Gasteiger partial charge in [0.05, 0.1) is 22.4 Å². The molecule has 0 unspecified atom stereocenters. The number of nitrogens with zero attached hydrogens (tertiary/aromatic N) is 3. The van der Waals surface area contributed by atoms with Crippen LogP contribution in [-0.2, 0) is 24.8 Å². The molecule has 0 saturated carbocycles. The van der Waals surface area contributed by atoms with Crippen LogP contribution in [0.25, 0.3) is 0 Å². The van der Waals surface area contributed by atoms with Gasteiger partial charge in [-0.3, -0.25) is 0 Å². The fourth-order valence-electron chi connectivity index (χ4n) is 2.99. The number of carbonyl (C=O) groups is 1. The normalized spacial score (nSPS) is 11.8. The van der Waals surface area contributed by atoms with Gasteiger partial charge in [-0.2, -0.15) is 13.9 Å². The molecule has 0 aliphatic rings. The summed E-state index contributed by atoms with van der Waals surface area (Å²) in [6.07, 6.45) is -1.16. The molecule has 2 aromatic rings. The molecule has 2 rings (SSSR count). The topological polar surface area (TPSA) is 125 Å². The minimum atomic E-state index is -4.30. The average molecular weight is 546 g/mol. The van der Waals surface area contributed by atoms with Crippen LogP contribution in [0.15, 0.2) is 58.3 Å². The van der Waals surface area contributed by atoms with Crippen LogP contribution in [0.4, 0.5) is 4.79 Å². The predicted molar refractivity (Wildman–Crippen MR) is 139 cm³/mol. The maximum atomic E-state index is 13.2. The van der Waals surface area contributed by atoms with Crippen LogP contribution in [-0.4, -0.2) is 56.8 Å². The summed E-state index contributed by atoms with van der Waals surface area (Å²) in [4.78, 5) is 12.7. The van der Waals surface area contributed by atoms with Gasteiger partial charge in [0.2, 0.25) is 10.0 Å². The lowest BCUT2D eigenvalue weighted by atomic mass is 10.2. The molecule has 0 N–H and O–H groups in total. The zero-order chi connectivity index (χ0) is 27.9. The van der Waals surface area contributed by atoms with Gasteiger partial charge in [0.1, 0.15) is 12.1 Å². The third-order valence-electron chi connectivity index (χ3n) is 4.94. The third-order valence-corrected chi connectivity index (χ3v) is 8.53. The summed E-state index contributed by atoms with van der Waals surface area (Å²) < 4.78 is 59.5. The van der Waals surface area contributed by atoms with Gasteiger partial charge in [-0.05, 0) is 58.9 Å². The number of ether oxygens (including phenoxy) is 1. The summed E-state index contributed by atoms with van der Waals surface area (Å²) in [5, 5.41) is 8.97. The van der Waals surface area contributed by atoms with Crippen molar-refractivity contribution in [2.45, 2.75) is 56.4 Å². The maximum Gasteiger partial charge on any atom is 0.425 e. The van der Waals surface area contributed by atoms with E-state index in [1.165, 1.54) is 24.3 Å². The van der Waals surface area contributed by atoms with Crippen molar-refractivity contribution in [2.24, 2.45) is 0 Å². The minimum Gasteiger partial charge on any atom is -0.443 e. The highest BCUT2D eigenvalue weighted by Crippen LogP contribution is 2.20. The fraction of sp³-hybridized carbons (Fsp3) is 0.385. The maximum absolute atomic E-state index is 13.2. The zero-order valence-electron chi connectivity index (χ0n) is 21.6. The monoisotopic (exact) mass is 545 g/mol. The number of benzene rings is 2. The van der Waals surface area contributed by atoms with E-state index in [0.29, 0.717) is 4.31 Å². The highest BCUT2D eigenvalue weighted by molar-refractivity contribution is 7.89. The van der Waals surface area contributed by atoms with Crippen LogP contribution >= 0.6 is 0 Å². The molecule has 9 nitrogen and oxygen atoms in total. The van der Waals surface area contributed by atoms with Crippen LogP contribution < -0.4 is 0 Å². The fourth-order valence-corrected chi connectivity index (χ4v) is 5.53. The smallest absolute Gasteiger partial charge is 0.425 e. The number of aryl methyl sites for hydroxylation is 2. The van der Waals surface area contributed by atoms with E-state index in [2.05, 4.69) is 11.8 Å². The second-order valence-corrected chi connectivity index (χ2v) is 13.0. The van der Waals surface area contributed by atoms with E-state index in [-0.39, 0.29) is 29.3 Å². The van der Waals surface area contributed by atoms with Crippen molar-refractivity contribution in [2.75, 3.05) is 19.6 Å². The highest BCUT2D eigenvalue weighted by Gasteiger charge is 2.32. The molecule has 0 atom stereocenters. The van der Waals surface area contributed by atoms with E-state index in [1.54, 1.807) is 52.0 Å². The summed E-state index contributed by atoms with van der Waals surface area (Å²) in [5.74, 6) is 5.22. The number of carbonyl (C=O) groups excluding carboxylic acids is 1. The van der Waals surface area contributed by atoms with Gasteiger partial charge in [0, 0.05) is 13.0 Å². The van der Waals surface area contributed by atoms with E-state index in [4.69, 9.17) is 10.00 Å². The molecule has 2 aromatic carbocycles. The molecule has 1 amide bonds. The molecule has 0 spiro atoms. The average Bonchev–Trinajstić information content (AvgIpc) is 2.80. The summed E-state index contributed by atoms with van der Waals surface area (Å²) >= 11 is 0. The van der Waals surface area contributed by atoms with Gasteiger partial charge < -0.3 is 4.74 Å². The highest BCUT2D eigenvalue weighted by atomic mass is 32.2. The van der Waals surface area contributed by atoms with Crippen LogP contribution in [0.3, 0.4) is 0 Å². The van der Waals surface area contributed by atoms with Gasteiger partial charge in [-0.1, -0.05) is 47.2 Å². The number of hydrogen-bond donors (Lipinski definition) is 0. The van der Waals surface area contributed by atoms with Crippen LogP contribution in [0.1, 0.15) is 38.3 Å². The van der Waals surface area contributed by atoms with Crippen molar-refractivity contribution in [1.29, 1.82) is 5.26 Å². The minimum absolute atomic E-state index is 0.0511. The van der Waals surface area contributed by atoms with E-state index in [0.717, 1.165) is 15.4 Å². The lowest BCUT2D eigenvalue weighted by molar-refractivity contribution is 0.0406. The van der Waals surface area contributed by atoms with Gasteiger partial charge in [-0.25, -0.2) is 21.6 Å². The second-order valence-electron chi connectivity index (χ2n) is 9.22. The molecule has 11 heteroatoms. The quantitative estimate of drug-likeness (QED) is 0.462. The van der Waals surface area contributed by atoms with Gasteiger partial charge in [0.15, 0.2) is 0 Å². The zero-order valence-corrected chi connectivity index (χ0v) is 23.2. The standard InChI is InChI=1S/C26H31N3O6S2/c1-21-9-13-23(14-10-21)36(31,32)28(19-8-17-27)18-6-7-20-29(25(30)35-26(3,4)5)37(33,34)24-15-11-22(2)12-16-24/h9-16H,8,18-20H2,1-5H3. The third kappa shape index (κ3) is 8.32. The van der Waals surface area contributed by atoms with Crippen LogP contribution in [0, 0.1) is 37.0 Å². The van der Waals surface area contributed by atoms with E-state index < -0.39 is 38.3 Å². The van der Waals surface area contributed by atoms with Gasteiger partial charge in [-0.15, -0.1) is 0 Å². The molecule has 37 heavy (non-hydrogen) atoms. The first-order valence-corrected chi connectivity index (χ1v) is 14.3. The number of hydrogen-bond acceptors (Lipinski definition) is 7. The molecular weight excluding hydrogens is 514 g/mol. The Morgan fingerprint density at radius 2 is 1.30 bits per heavy atom. The molecule has 0 radical (unpaired) electrons. The number of rotatable bonds is 8. The Kier molecular flexibility index (Phi) is 9.87. The largest absolute Gasteiger partial charge is 0.443 e. The number of amides is 1. The molecular formula is C26H31N3O6S2. The van der Waals surface area contributed by atoms with Gasteiger partial charge >= 0.3 is 6.09 Å². The second kappa shape index (κ2) is 12.2. The molecule has 0 bridgehead atoms.